The van der Waals surface area contributed by atoms with Crippen molar-refractivity contribution in [3.8, 4) is 5.75 Å². The van der Waals surface area contributed by atoms with E-state index >= 15 is 0 Å². The first-order chi connectivity index (χ1) is 16.1. The second kappa shape index (κ2) is 11.7. The van der Waals surface area contributed by atoms with E-state index in [1.807, 2.05) is 42.5 Å². The molecule has 6 heteroatoms. The highest BCUT2D eigenvalue weighted by atomic mass is 35.5. The van der Waals surface area contributed by atoms with Gasteiger partial charge in [-0.25, -0.2) is 0 Å². The summed E-state index contributed by atoms with van der Waals surface area (Å²) < 4.78 is 5.81. The van der Waals surface area contributed by atoms with Gasteiger partial charge in [0.05, 0.1) is 0 Å². The Morgan fingerprint density at radius 1 is 1.09 bits per heavy atom. The second-order valence-electron chi connectivity index (χ2n) is 10.2. The number of nitrogens with zero attached hydrogens (tertiary/aromatic N) is 1. The van der Waals surface area contributed by atoms with Crippen LogP contribution in [0.3, 0.4) is 0 Å². The molecule has 2 aromatic rings. The van der Waals surface area contributed by atoms with Crippen molar-refractivity contribution in [2.24, 2.45) is 0 Å². The minimum Gasteiger partial charge on any atom is -0.484 e. The Hall–Kier alpha value is -2.53. The van der Waals surface area contributed by atoms with Crippen LogP contribution in [0, 0.1) is 0 Å². The van der Waals surface area contributed by atoms with Gasteiger partial charge in [0.25, 0.3) is 5.91 Å². The lowest BCUT2D eigenvalue weighted by atomic mass is 9.87. The number of nitrogens with one attached hydrogen (secondary N) is 1. The quantitative estimate of drug-likeness (QED) is 0.508. The number of carbonyl (C=O) groups is 2. The van der Waals surface area contributed by atoms with Crippen molar-refractivity contribution in [1.29, 1.82) is 0 Å². The normalized spacial score (nSPS) is 15.4. The van der Waals surface area contributed by atoms with E-state index in [0.29, 0.717) is 10.8 Å². The number of hydrogen-bond acceptors (Lipinski definition) is 3. The maximum atomic E-state index is 13.3. The molecule has 1 unspecified atom stereocenters. The molecule has 1 N–H and O–H groups in total. The maximum Gasteiger partial charge on any atom is 0.261 e. The maximum absolute atomic E-state index is 13.3. The zero-order valence-electron chi connectivity index (χ0n) is 20.8. The van der Waals surface area contributed by atoms with E-state index in [9.17, 15) is 9.59 Å². The third kappa shape index (κ3) is 7.49. The van der Waals surface area contributed by atoms with Gasteiger partial charge >= 0.3 is 0 Å². The van der Waals surface area contributed by atoms with Crippen LogP contribution in [-0.4, -0.2) is 35.4 Å². The second-order valence-corrected chi connectivity index (χ2v) is 10.7. The van der Waals surface area contributed by atoms with Gasteiger partial charge in [0.1, 0.15) is 11.8 Å². The number of halogens is 1. The number of carbonyl (C=O) groups excluding carboxylic acids is 2. The minimum absolute atomic E-state index is 0.0449. The Morgan fingerprint density at radius 3 is 2.38 bits per heavy atom. The molecule has 0 radical (unpaired) electrons. The van der Waals surface area contributed by atoms with Gasteiger partial charge in [-0.1, -0.05) is 75.9 Å². The first-order valence-electron chi connectivity index (χ1n) is 12.2. The molecule has 2 aromatic carbocycles. The first kappa shape index (κ1) is 26.1. The highest BCUT2D eigenvalue weighted by Crippen LogP contribution is 2.24. The summed E-state index contributed by atoms with van der Waals surface area (Å²) in [4.78, 5) is 27.9. The van der Waals surface area contributed by atoms with E-state index in [-0.39, 0.29) is 36.4 Å². The van der Waals surface area contributed by atoms with Crippen LogP contribution in [0.2, 0.25) is 5.02 Å². The zero-order valence-corrected chi connectivity index (χ0v) is 21.5. The fraction of sp³-hybridized carbons (Fsp3) is 0.500. The van der Waals surface area contributed by atoms with Gasteiger partial charge in [-0.3, -0.25) is 9.59 Å². The third-order valence-electron chi connectivity index (χ3n) is 6.44. The van der Waals surface area contributed by atoms with Crippen LogP contribution in [0.4, 0.5) is 0 Å². The van der Waals surface area contributed by atoms with E-state index in [1.165, 1.54) is 12.0 Å². The van der Waals surface area contributed by atoms with Crippen molar-refractivity contribution in [2.45, 2.75) is 83.8 Å². The largest absolute Gasteiger partial charge is 0.484 e. The topological polar surface area (TPSA) is 58.6 Å². The van der Waals surface area contributed by atoms with Crippen molar-refractivity contribution in [2.75, 3.05) is 6.61 Å². The molecule has 1 saturated carbocycles. The van der Waals surface area contributed by atoms with E-state index in [4.69, 9.17) is 16.3 Å². The van der Waals surface area contributed by atoms with Gasteiger partial charge in [0.2, 0.25) is 5.91 Å². The molecule has 1 aliphatic carbocycles. The molecule has 0 aliphatic heterocycles. The van der Waals surface area contributed by atoms with Crippen LogP contribution in [0.15, 0.2) is 48.5 Å². The van der Waals surface area contributed by atoms with Crippen LogP contribution in [0.25, 0.3) is 0 Å². The molecule has 34 heavy (non-hydrogen) atoms. The molecule has 0 spiro atoms. The van der Waals surface area contributed by atoms with Gasteiger partial charge in [0, 0.05) is 17.6 Å². The molecule has 0 saturated heterocycles. The van der Waals surface area contributed by atoms with Crippen molar-refractivity contribution >= 4 is 23.4 Å². The van der Waals surface area contributed by atoms with Crippen molar-refractivity contribution in [1.82, 2.24) is 10.2 Å². The lowest BCUT2D eigenvalue weighted by molar-refractivity contribution is -0.142. The number of hydrogen-bond donors (Lipinski definition) is 1. The number of rotatable bonds is 8. The third-order valence-corrected chi connectivity index (χ3v) is 6.68. The van der Waals surface area contributed by atoms with Crippen molar-refractivity contribution < 1.29 is 14.3 Å². The summed E-state index contributed by atoms with van der Waals surface area (Å²) in [5.41, 5.74) is 2.11. The van der Waals surface area contributed by atoms with Crippen LogP contribution in [-0.2, 0) is 21.5 Å². The molecule has 5 nitrogen and oxygen atoms in total. The smallest absolute Gasteiger partial charge is 0.261 e. The van der Waals surface area contributed by atoms with Crippen molar-refractivity contribution in [3.63, 3.8) is 0 Å². The monoisotopic (exact) mass is 484 g/mol. The summed E-state index contributed by atoms with van der Waals surface area (Å²) in [6.45, 7) is 8.37. The van der Waals surface area contributed by atoms with E-state index in [1.54, 1.807) is 17.9 Å². The standard InChI is InChI=1S/C28H37ClN2O3/c1-20(27(33)30-24-11-6-5-7-12-24)31(18-21-9-8-10-23(29)17-21)26(32)19-34-25-15-13-22(14-16-25)28(2,3)4/h8-10,13-17,20,24H,5-7,11-12,18-19H2,1-4H3,(H,30,33). The predicted octanol–water partition coefficient (Wildman–Crippen LogP) is 5.88. The summed E-state index contributed by atoms with van der Waals surface area (Å²) >= 11 is 6.16. The molecule has 184 valence electrons. The lowest BCUT2D eigenvalue weighted by Gasteiger charge is -2.31. The number of amides is 2. The molecule has 0 aromatic heterocycles. The Labute approximate surface area is 208 Å². The molecular formula is C28H37ClN2O3. The summed E-state index contributed by atoms with van der Waals surface area (Å²) in [6.07, 6.45) is 5.47. The molecular weight excluding hydrogens is 448 g/mol. The van der Waals surface area contributed by atoms with E-state index in [0.717, 1.165) is 31.2 Å². The summed E-state index contributed by atoms with van der Waals surface area (Å²) in [6, 6.07) is 14.7. The Morgan fingerprint density at radius 2 is 1.76 bits per heavy atom. The average molecular weight is 485 g/mol. The highest BCUT2D eigenvalue weighted by Gasteiger charge is 2.28. The zero-order chi connectivity index (χ0) is 24.7. The molecule has 3 rings (SSSR count). The highest BCUT2D eigenvalue weighted by molar-refractivity contribution is 6.30. The summed E-state index contributed by atoms with van der Waals surface area (Å²) in [5.74, 6) is 0.256. The Bertz CT molecular complexity index is 962. The van der Waals surface area contributed by atoms with Crippen LogP contribution in [0.5, 0.6) is 5.75 Å². The van der Waals surface area contributed by atoms with E-state index in [2.05, 4.69) is 26.1 Å². The van der Waals surface area contributed by atoms with Gasteiger partial charge in [-0.05, 0) is 60.6 Å². The molecule has 1 fully saturated rings. The lowest BCUT2D eigenvalue weighted by Crippen LogP contribution is -2.51. The molecule has 1 atom stereocenters. The van der Waals surface area contributed by atoms with Crippen LogP contribution >= 0.6 is 11.6 Å². The molecule has 0 heterocycles. The molecule has 1 aliphatic rings. The number of benzene rings is 2. The van der Waals surface area contributed by atoms with E-state index < -0.39 is 6.04 Å². The minimum atomic E-state index is -0.625. The summed E-state index contributed by atoms with van der Waals surface area (Å²) in [7, 11) is 0. The van der Waals surface area contributed by atoms with Gasteiger partial charge in [-0.2, -0.15) is 0 Å². The molecule has 2 amide bonds. The summed E-state index contributed by atoms with van der Waals surface area (Å²) in [5, 5.41) is 3.74. The average Bonchev–Trinajstić information content (AvgIpc) is 2.81. The molecule has 0 bridgehead atoms. The SMILES string of the molecule is CC(C(=O)NC1CCCCC1)N(Cc1cccc(Cl)c1)C(=O)COc1ccc(C(C)(C)C)cc1. The van der Waals surface area contributed by atoms with Gasteiger partial charge < -0.3 is 15.0 Å². The first-order valence-corrected chi connectivity index (χ1v) is 12.6. The van der Waals surface area contributed by atoms with Gasteiger partial charge in [0.15, 0.2) is 6.61 Å². The van der Waals surface area contributed by atoms with Crippen LogP contribution in [0.1, 0.15) is 70.9 Å². The fourth-order valence-corrected chi connectivity index (χ4v) is 4.48. The number of ether oxygens (including phenoxy) is 1. The predicted molar refractivity (Wildman–Crippen MR) is 137 cm³/mol. The van der Waals surface area contributed by atoms with Crippen LogP contribution < -0.4 is 10.1 Å². The fourth-order valence-electron chi connectivity index (χ4n) is 4.26. The van der Waals surface area contributed by atoms with Crippen molar-refractivity contribution in [3.05, 3.63) is 64.7 Å². The van der Waals surface area contributed by atoms with Gasteiger partial charge in [-0.15, -0.1) is 0 Å². The Balaban J connectivity index is 1.69. The Kier molecular flexibility index (Phi) is 9.01.